The Hall–Kier alpha value is -1.82. The number of pyridine rings is 1. The summed E-state index contributed by atoms with van der Waals surface area (Å²) in [6.07, 6.45) is 3.84. The van der Waals surface area contributed by atoms with Gasteiger partial charge in [0.15, 0.2) is 0 Å². The molecule has 1 N–H and O–H groups in total. The van der Waals surface area contributed by atoms with E-state index in [0.717, 1.165) is 31.5 Å². The van der Waals surface area contributed by atoms with Crippen LogP contribution in [-0.2, 0) is 6.54 Å². The van der Waals surface area contributed by atoms with Crippen molar-refractivity contribution in [2.24, 2.45) is 0 Å². The molecule has 2 amide bonds. The Morgan fingerprint density at radius 1 is 1.48 bits per heavy atom. The highest BCUT2D eigenvalue weighted by Gasteiger charge is 2.35. The van der Waals surface area contributed by atoms with Gasteiger partial charge in [-0.05, 0) is 52.4 Å². The van der Waals surface area contributed by atoms with E-state index in [2.05, 4.69) is 29.0 Å². The van der Waals surface area contributed by atoms with Crippen molar-refractivity contribution in [1.29, 1.82) is 0 Å². The molecule has 1 fully saturated rings. The molecule has 0 saturated carbocycles. The minimum absolute atomic E-state index is 0.000566. The first-order chi connectivity index (χ1) is 10.9. The molecule has 1 saturated heterocycles. The van der Waals surface area contributed by atoms with Crippen LogP contribution in [0.2, 0.25) is 0 Å². The zero-order valence-electron chi connectivity index (χ0n) is 14.6. The van der Waals surface area contributed by atoms with Crippen LogP contribution < -0.4 is 10.1 Å². The lowest BCUT2D eigenvalue weighted by Gasteiger charge is -2.31. The Kier molecular flexibility index (Phi) is 5.82. The molecule has 0 atom stereocenters. The lowest BCUT2D eigenvalue weighted by molar-refractivity contribution is 0.165. The van der Waals surface area contributed by atoms with E-state index in [0.29, 0.717) is 19.0 Å². The minimum Gasteiger partial charge on any atom is -0.476 e. The van der Waals surface area contributed by atoms with Crippen molar-refractivity contribution in [2.75, 3.05) is 33.8 Å². The van der Waals surface area contributed by atoms with Gasteiger partial charge in [0.1, 0.15) is 6.61 Å². The summed E-state index contributed by atoms with van der Waals surface area (Å²) in [6.45, 7) is 6.97. The van der Waals surface area contributed by atoms with Gasteiger partial charge in [0.05, 0.1) is 0 Å². The second-order valence-electron chi connectivity index (χ2n) is 6.88. The molecule has 2 rings (SSSR count). The fourth-order valence-corrected chi connectivity index (χ4v) is 2.73. The predicted molar refractivity (Wildman–Crippen MR) is 90.5 cm³/mol. The fraction of sp³-hybridized carbons (Fsp3) is 0.647. The van der Waals surface area contributed by atoms with Crippen LogP contribution in [0.5, 0.6) is 5.88 Å². The fourth-order valence-electron chi connectivity index (χ4n) is 2.73. The Labute approximate surface area is 138 Å². The Morgan fingerprint density at radius 2 is 2.26 bits per heavy atom. The van der Waals surface area contributed by atoms with Gasteiger partial charge in [0, 0.05) is 37.4 Å². The predicted octanol–water partition coefficient (Wildman–Crippen LogP) is 2.11. The SMILES string of the molecule is CN(C)CCOc1cc(CNC(=O)N2CCCC2(C)C)ccn1. The van der Waals surface area contributed by atoms with Gasteiger partial charge in [-0.15, -0.1) is 0 Å². The summed E-state index contributed by atoms with van der Waals surface area (Å²) < 4.78 is 5.62. The Bertz CT molecular complexity index is 531. The second kappa shape index (κ2) is 7.64. The summed E-state index contributed by atoms with van der Waals surface area (Å²) in [5.41, 5.74) is 0.938. The smallest absolute Gasteiger partial charge is 0.318 e. The van der Waals surface area contributed by atoms with E-state index in [4.69, 9.17) is 4.74 Å². The van der Waals surface area contributed by atoms with Crippen LogP contribution in [0, 0.1) is 0 Å². The Balaban J connectivity index is 1.84. The van der Waals surface area contributed by atoms with Crippen molar-refractivity contribution in [2.45, 2.75) is 38.8 Å². The number of nitrogens with zero attached hydrogens (tertiary/aromatic N) is 3. The number of hydrogen-bond acceptors (Lipinski definition) is 4. The molecule has 1 aliphatic heterocycles. The van der Waals surface area contributed by atoms with Crippen LogP contribution in [0.15, 0.2) is 18.3 Å². The van der Waals surface area contributed by atoms with Crippen LogP contribution in [0.1, 0.15) is 32.3 Å². The number of amides is 2. The first kappa shape index (κ1) is 17.5. The average molecular weight is 320 g/mol. The molecule has 0 spiro atoms. The molecular formula is C17H28N4O2. The monoisotopic (exact) mass is 320 g/mol. The van der Waals surface area contributed by atoms with Gasteiger partial charge in [0.2, 0.25) is 5.88 Å². The lowest BCUT2D eigenvalue weighted by atomic mass is 10.0. The molecule has 6 nitrogen and oxygen atoms in total. The number of hydrogen-bond donors (Lipinski definition) is 1. The van der Waals surface area contributed by atoms with Crippen molar-refractivity contribution in [3.8, 4) is 5.88 Å². The second-order valence-corrected chi connectivity index (χ2v) is 6.88. The number of ether oxygens (including phenoxy) is 1. The van der Waals surface area contributed by atoms with E-state index in [-0.39, 0.29) is 11.6 Å². The number of aromatic nitrogens is 1. The van der Waals surface area contributed by atoms with Crippen molar-refractivity contribution in [1.82, 2.24) is 20.1 Å². The highest BCUT2D eigenvalue weighted by Crippen LogP contribution is 2.27. The molecule has 23 heavy (non-hydrogen) atoms. The maximum absolute atomic E-state index is 12.3. The average Bonchev–Trinajstić information content (AvgIpc) is 2.84. The van der Waals surface area contributed by atoms with Gasteiger partial charge in [-0.25, -0.2) is 9.78 Å². The third kappa shape index (κ3) is 5.10. The zero-order valence-corrected chi connectivity index (χ0v) is 14.6. The van der Waals surface area contributed by atoms with Gasteiger partial charge < -0.3 is 19.9 Å². The number of nitrogens with one attached hydrogen (secondary N) is 1. The molecule has 0 radical (unpaired) electrons. The maximum atomic E-state index is 12.3. The summed E-state index contributed by atoms with van der Waals surface area (Å²) in [7, 11) is 4.01. The van der Waals surface area contributed by atoms with Crippen LogP contribution in [-0.4, -0.2) is 60.1 Å². The minimum atomic E-state index is -0.0528. The van der Waals surface area contributed by atoms with E-state index in [1.807, 2.05) is 31.1 Å². The normalized spacial score (nSPS) is 16.7. The zero-order chi connectivity index (χ0) is 16.9. The summed E-state index contributed by atoms with van der Waals surface area (Å²) in [6, 6.07) is 3.78. The number of likely N-dealkylation sites (N-methyl/N-ethyl adjacent to an activating group) is 1. The molecule has 1 aliphatic rings. The molecule has 0 unspecified atom stereocenters. The highest BCUT2D eigenvalue weighted by atomic mass is 16.5. The van der Waals surface area contributed by atoms with Gasteiger partial charge in [0.25, 0.3) is 0 Å². The van der Waals surface area contributed by atoms with E-state index in [9.17, 15) is 4.79 Å². The maximum Gasteiger partial charge on any atom is 0.318 e. The van der Waals surface area contributed by atoms with E-state index < -0.39 is 0 Å². The van der Waals surface area contributed by atoms with Crippen LogP contribution >= 0.6 is 0 Å². The van der Waals surface area contributed by atoms with E-state index >= 15 is 0 Å². The topological polar surface area (TPSA) is 57.7 Å². The standard InChI is InChI=1S/C17H28N4O2/c1-17(2)7-5-9-21(17)16(22)19-13-14-6-8-18-15(12-14)23-11-10-20(3)4/h6,8,12H,5,7,9-11,13H2,1-4H3,(H,19,22). The van der Waals surface area contributed by atoms with E-state index in [1.54, 1.807) is 6.20 Å². The Morgan fingerprint density at radius 3 is 2.91 bits per heavy atom. The first-order valence-electron chi connectivity index (χ1n) is 8.16. The molecule has 1 aromatic rings. The first-order valence-corrected chi connectivity index (χ1v) is 8.16. The van der Waals surface area contributed by atoms with Crippen molar-refractivity contribution < 1.29 is 9.53 Å². The summed E-state index contributed by atoms with van der Waals surface area (Å²) in [5, 5.41) is 2.99. The van der Waals surface area contributed by atoms with E-state index in [1.165, 1.54) is 0 Å². The third-order valence-electron chi connectivity index (χ3n) is 4.18. The number of rotatable bonds is 6. The summed E-state index contributed by atoms with van der Waals surface area (Å²) in [5.74, 6) is 0.597. The van der Waals surface area contributed by atoms with Gasteiger partial charge in [-0.2, -0.15) is 0 Å². The number of urea groups is 1. The molecular weight excluding hydrogens is 292 g/mol. The van der Waals surface area contributed by atoms with Crippen molar-refractivity contribution in [3.05, 3.63) is 23.9 Å². The summed E-state index contributed by atoms with van der Waals surface area (Å²) in [4.78, 5) is 20.5. The van der Waals surface area contributed by atoms with Gasteiger partial charge in [-0.1, -0.05) is 0 Å². The third-order valence-corrected chi connectivity index (χ3v) is 4.18. The molecule has 6 heteroatoms. The highest BCUT2D eigenvalue weighted by molar-refractivity contribution is 5.75. The molecule has 2 heterocycles. The van der Waals surface area contributed by atoms with Crippen molar-refractivity contribution >= 4 is 6.03 Å². The molecule has 1 aromatic heterocycles. The largest absolute Gasteiger partial charge is 0.476 e. The number of carbonyl (C=O) groups is 1. The molecule has 0 aliphatic carbocycles. The van der Waals surface area contributed by atoms with Gasteiger partial charge >= 0.3 is 6.03 Å². The number of carbonyl (C=O) groups excluding carboxylic acids is 1. The summed E-state index contributed by atoms with van der Waals surface area (Å²) >= 11 is 0. The number of likely N-dealkylation sites (tertiary alicyclic amines) is 1. The quantitative estimate of drug-likeness (QED) is 0.872. The molecule has 0 bridgehead atoms. The van der Waals surface area contributed by atoms with Crippen LogP contribution in [0.25, 0.3) is 0 Å². The van der Waals surface area contributed by atoms with Crippen LogP contribution in [0.4, 0.5) is 4.79 Å². The molecule has 128 valence electrons. The lowest BCUT2D eigenvalue weighted by Crippen LogP contribution is -2.47. The van der Waals surface area contributed by atoms with Crippen molar-refractivity contribution in [3.63, 3.8) is 0 Å². The van der Waals surface area contributed by atoms with Gasteiger partial charge in [-0.3, -0.25) is 0 Å². The van der Waals surface area contributed by atoms with Crippen LogP contribution in [0.3, 0.4) is 0 Å². The molecule has 0 aromatic carbocycles.